The van der Waals surface area contributed by atoms with Crippen molar-refractivity contribution in [3.63, 3.8) is 0 Å². The predicted octanol–water partition coefficient (Wildman–Crippen LogP) is 7.13. The first kappa shape index (κ1) is 27.3. The topological polar surface area (TPSA) is 84.9 Å². The quantitative estimate of drug-likeness (QED) is 0.258. The predicted molar refractivity (Wildman–Crippen MR) is 152 cm³/mol. The summed E-state index contributed by atoms with van der Waals surface area (Å²) in [4.78, 5) is 38.9. The zero-order chi connectivity index (χ0) is 26.5. The van der Waals surface area contributed by atoms with Crippen molar-refractivity contribution in [3.8, 4) is 11.5 Å². The van der Waals surface area contributed by atoms with Crippen molar-refractivity contribution in [2.45, 2.75) is 6.61 Å². The number of thioether (sulfide) groups is 1. The third-order valence-electron chi connectivity index (χ3n) is 5.17. The number of hydrogen-bond donors (Lipinski definition) is 1. The maximum absolute atomic E-state index is 12.9. The van der Waals surface area contributed by atoms with E-state index in [9.17, 15) is 14.4 Å². The summed E-state index contributed by atoms with van der Waals surface area (Å²) in [7, 11) is 1.52. The summed E-state index contributed by atoms with van der Waals surface area (Å²) < 4.78 is 13.1. The number of para-hydroxylation sites is 1. The normalized spacial score (nSPS) is 14.3. The molecule has 0 spiro atoms. The molecule has 0 bridgehead atoms. The Kier molecular flexibility index (Phi) is 8.96. The number of methoxy groups -OCH3 is 1. The third-order valence-corrected chi connectivity index (χ3v) is 7.52. The number of ether oxygens (including phenoxy) is 2. The van der Waals surface area contributed by atoms with Gasteiger partial charge in [0.15, 0.2) is 11.5 Å². The van der Waals surface area contributed by atoms with E-state index >= 15 is 0 Å². The minimum Gasteiger partial charge on any atom is -0.493 e. The Bertz CT molecular complexity index is 1400. The minimum absolute atomic E-state index is 0.188. The molecule has 1 aliphatic heterocycles. The molecule has 3 amide bonds. The van der Waals surface area contributed by atoms with E-state index in [4.69, 9.17) is 21.1 Å². The summed E-state index contributed by atoms with van der Waals surface area (Å²) in [5.41, 5.74) is 2.00. The smallest absolute Gasteiger partial charge is 0.294 e. The number of imide groups is 1. The van der Waals surface area contributed by atoms with Crippen molar-refractivity contribution in [3.05, 3.63) is 90.7 Å². The fourth-order valence-electron chi connectivity index (χ4n) is 3.38. The first-order valence-corrected chi connectivity index (χ1v) is 13.6. The number of benzene rings is 3. The van der Waals surface area contributed by atoms with Crippen molar-refractivity contribution in [1.29, 1.82) is 0 Å². The van der Waals surface area contributed by atoms with Crippen LogP contribution in [0.5, 0.6) is 11.5 Å². The van der Waals surface area contributed by atoms with Crippen LogP contribution in [0.25, 0.3) is 6.08 Å². The molecule has 0 radical (unpaired) electrons. The molecule has 0 aliphatic carbocycles. The fraction of sp³-hybridized carbons (Fsp3) is 0.115. The second kappa shape index (κ2) is 12.2. The largest absolute Gasteiger partial charge is 0.493 e. The molecule has 1 fully saturated rings. The van der Waals surface area contributed by atoms with E-state index in [0.717, 1.165) is 26.7 Å². The van der Waals surface area contributed by atoms with Crippen LogP contribution in [-0.4, -0.2) is 35.6 Å². The molecule has 0 aromatic heterocycles. The maximum atomic E-state index is 12.9. The zero-order valence-corrected chi connectivity index (χ0v) is 24.0. The third kappa shape index (κ3) is 6.75. The van der Waals surface area contributed by atoms with Gasteiger partial charge in [-0.15, -0.1) is 0 Å². The number of halogens is 3. The van der Waals surface area contributed by atoms with Crippen molar-refractivity contribution >= 4 is 84.0 Å². The van der Waals surface area contributed by atoms with Crippen LogP contribution in [0.15, 0.2) is 74.5 Å². The lowest BCUT2D eigenvalue weighted by molar-refractivity contribution is -0.127. The van der Waals surface area contributed by atoms with E-state index < -0.39 is 23.6 Å². The maximum Gasteiger partial charge on any atom is 0.294 e. The molecule has 4 rings (SSSR count). The van der Waals surface area contributed by atoms with E-state index in [-0.39, 0.29) is 4.91 Å². The number of nitrogens with zero attached hydrogens (tertiary/aromatic N) is 1. The number of nitrogens with one attached hydrogen (secondary N) is 1. The molecule has 37 heavy (non-hydrogen) atoms. The van der Waals surface area contributed by atoms with Gasteiger partial charge in [0.2, 0.25) is 5.91 Å². The summed E-state index contributed by atoms with van der Waals surface area (Å²) in [5.74, 6) is -0.133. The Morgan fingerprint density at radius 2 is 1.84 bits per heavy atom. The summed E-state index contributed by atoms with van der Waals surface area (Å²) >= 11 is 13.7. The standard InChI is InChI=1S/C26H19Br2ClN2O5S/c1-35-21-11-16(10-18(28)24(21)36-14-15-6-8-17(27)9-7-15)12-22-25(33)31(26(34)37-22)13-23(32)30-20-5-3-2-4-19(20)29/h2-12H,13-14H2,1H3,(H,30,32)/b22-12+. The lowest BCUT2D eigenvalue weighted by Gasteiger charge is -2.14. The number of hydrogen-bond acceptors (Lipinski definition) is 6. The molecule has 3 aromatic rings. The molecule has 1 saturated heterocycles. The van der Waals surface area contributed by atoms with Gasteiger partial charge in [0, 0.05) is 4.47 Å². The Morgan fingerprint density at radius 3 is 2.54 bits per heavy atom. The number of amides is 3. The lowest BCUT2D eigenvalue weighted by Crippen LogP contribution is -2.36. The molecule has 3 aromatic carbocycles. The van der Waals surface area contributed by atoms with Gasteiger partial charge in [0.05, 0.1) is 27.2 Å². The monoisotopic (exact) mass is 664 g/mol. The van der Waals surface area contributed by atoms with Crippen molar-refractivity contribution in [1.82, 2.24) is 4.90 Å². The summed E-state index contributed by atoms with van der Waals surface area (Å²) in [6, 6.07) is 17.9. The highest BCUT2D eigenvalue weighted by Gasteiger charge is 2.36. The van der Waals surface area contributed by atoms with Gasteiger partial charge in [0.1, 0.15) is 13.2 Å². The molecule has 1 N–H and O–H groups in total. The van der Waals surface area contributed by atoms with E-state index in [2.05, 4.69) is 37.2 Å². The van der Waals surface area contributed by atoms with Crippen LogP contribution >= 0.6 is 55.2 Å². The molecule has 1 heterocycles. The molecule has 7 nitrogen and oxygen atoms in total. The van der Waals surface area contributed by atoms with Gasteiger partial charge >= 0.3 is 0 Å². The molecular weight excluding hydrogens is 648 g/mol. The molecular formula is C26H19Br2ClN2O5S. The number of carbonyl (C=O) groups excluding carboxylic acids is 3. The van der Waals surface area contributed by atoms with Crippen molar-refractivity contribution in [2.24, 2.45) is 0 Å². The van der Waals surface area contributed by atoms with Gasteiger partial charge in [-0.2, -0.15) is 0 Å². The van der Waals surface area contributed by atoms with Crippen molar-refractivity contribution < 1.29 is 23.9 Å². The van der Waals surface area contributed by atoms with Crippen molar-refractivity contribution in [2.75, 3.05) is 19.0 Å². The second-order valence-electron chi connectivity index (χ2n) is 7.75. The highest BCUT2D eigenvalue weighted by molar-refractivity contribution is 9.10. The van der Waals surface area contributed by atoms with E-state index in [1.54, 1.807) is 42.5 Å². The Balaban J connectivity index is 1.47. The van der Waals surface area contributed by atoms with Gasteiger partial charge in [-0.1, -0.05) is 51.8 Å². The van der Waals surface area contributed by atoms with E-state index in [1.165, 1.54) is 7.11 Å². The summed E-state index contributed by atoms with van der Waals surface area (Å²) in [6.07, 6.45) is 1.57. The van der Waals surface area contributed by atoms with Crippen LogP contribution in [0.2, 0.25) is 5.02 Å². The highest BCUT2D eigenvalue weighted by atomic mass is 79.9. The fourth-order valence-corrected chi connectivity index (χ4v) is 5.24. The zero-order valence-electron chi connectivity index (χ0n) is 19.3. The average Bonchev–Trinajstić information content (AvgIpc) is 3.12. The van der Waals surface area contributed by atoms with E-state index in [0.29, 0.717) is 38.9 Å². The molecule has 1 aliphatic rings. The summed E-state index contributed by atoms with van der Waals surface area (Å²) in [6.45, 7) is -0.0974. The van der Waals surface area contributed by atoms with Crippen LogP contribution in [0.1, 0.15) is 11.1 Å². The van der Waals surface area contributed by atoms with Crippen LogP contribution in [0, 0.1) is 0 Å². The number of carbonyl (C=O) groups is 3. The number of rotatable bonds is 8. The lowest BCUT2D eigenvalue weighted by atomic mass is 10.1. The van der Waals surface area contributed by atoms with Gasteiger partial charge in [-0.05, 0) is 81.3 Å². The SMILES string of the molecule is COc1cc(/C=C2/SC(=O)N(CC(=O)Nc3ccccc3Cl)C2=O)cc(Br)c1OCc1ccc(Br)cc1. The van der Waals surface area contributed by atoms with Crippen LogP contribution in [0.4, 0.5) is 10.5 Å². The molecule has 11 heteroatoms. The van der Waals surface area contributed by atoms with Gasteiger partial charge in [0.25, 0.3) is 11.1 Å². The van der Waals surface area contributed by atoms with Crippen LogP contribution < -0.4 is 14.8 Å². The minimum atomic E-state index is -0.560. The highest BCUT2D eigenvalue weighted by Crippen LogP contribution is 2.39. The molecule has 0 saturated carbocycles. The molecule has 0 atom stereocenters. The van der Waals surface area contributed by atoms with E-state index in [1.807, 2.05) is 24.3 Å². The second-order valence-corrected chi connectivity index (χ2v) is 10.9. The average molecular weight is 667 g/mol. The summed E-state index contributed by atoms with van der Waals surface area (Å²) in [5, 5.41) is 2.43. The Labute approximate surface area is 239 Å². The molecule has 190 valence electrons. The first-order chi connectivity index (χ1) is 17.7. The Hall–Kier alpha value is -2.79. The van der Waals surface area contributed by atoms with Gasteiger partial charge < -0.3 is 14.8 Å². The van der Waals surface area contributed by atoms with Crippen LogP contribution in [-0.2, 0) is 16.2 Å². The number of anilines is 1. The molecule has 0 unspecified atom stereocenters. The van der Waals surface area contributed by atoms with Gasteiger partial charge in [-0.25, -0.2) is 0 Å². The van der Waals surface area contributed by atoms with Crippen LogP contribution in [0.3, 0.4) is 0 Å². The first-order valence-electron chi connectivity index (χ1n) is 10.8. The van der Waals surface area contributed by atoms with Gasteiger partial charge in [-0.3, -0.25) is 19.3 Å². The Morgan fingerprint density at radius 1 is 1.11 bits per heavy atom.